The minimum absolute atomic E-state index is 0.0591. The standard InChI is InChI=1S/C18H23N3O/c1-12(2)14-7-8-17-15(10-14)6-5-9-21(17)18(22)16-11-19-20(4)13(16)3/h7-8,10-12H,5-6,9H2,1-4H3. The first kappa shape index (κ1) is 14.8. The summed E-state index contributed by atoms with van der Waals surface area (Å²) < 4.78 is 1.75. The number of benzene rings is 1. The van der Waals surface area contributed by atoms with E-state index in [1.807, 2.05) is 18.9 Å². The lowest BCUT2D eigenvalue weighted by Crippen LogP contribution is -2.35. The Kier molecular flexibility index (Phi) is 3.77. The van der Waals surface area contributed by atoms with E-state index < -0.39 is 0 Å². The number of nitrogens with zero attached hydrogens (tertiary/aromatic N) is 3. The van der Waals surface area contributed by atoms with Crippen LogP contribution in [0.4, 0.5) is 5.69 Å². The third-order valence-electron chi connectivity index (χ3n) is 4.60. The van der Waals surface area contributed by atoms with Crippen molar-refractivity contribution in [1.82, 2.24) is 9.78 Å². The van der Waals surface area contributed by atoms with Crippen LogP contribution >= 0.6 is 0 Å². The molecule has 4 heteroatoms. The molecule has 4 nitrogen and oxygen atoms in total. The molecule has 0 atom stereocenters. The predicted octanol–water partition coefficient (Wildman–Crippen LogP) is 3.44. The van der Waals surface area contributed by atoms with Crippen LogP contribution in [0, 0.1) is 6.92 Å². The molecule has 0 bridgehead atoms. The van der Waals surface area contributed by atoms with Gasteiger partial charge in [0, 0.05) is 25.0 Å². The van der Waals surface area contributed by atoms with Gasteiger partial charge in [0.25, 0.3) is 5.91 Å². The Morgan fingerprint density at radius 3 is 2.73 bits per heavy atom. The molecule has 0 aliphatic carbocycles. The van der Waals surface area contributed by atoms with Gasteiger partial charge in [-0.25, -0.2) is 0 Å². The van der Waals surface area contributed by atoms with Crippen LogP contribution in [0.2, 0.25) is 0 Å². The van der Waals surface area contributed by atoms with Crippen LogP contribution in [0.5, 0.6) is 0 Å². The molecule has 0 radical (unpaired) electrons. The Morgan fingerprint density at radius 1 is 1.32 bits per heavy atom. The van der Waals surface area contributed by atoms with Crippen LogP contribution in [0.25, 0.3) is 0 Å². The van der Waals surface area contributed by atoms with Gasteiger partial charge in [-0.15, -0.1) is 0 Å². The van der Waals surface area contributed by atoms with Crippen molar-refractivity contribution in [2.75, 3.05) is 11.4 Å². The monoisotopic (exact) mass is 297 g/mol. The molecule has 22 heavy (non-hydrogen) atoms. The van der Waals surface area contributed by atoms with E-state index in [2.05, 4.69) is 37.1 Å². The summed E-state index contributed by atoms with van der Waals surface area (Å²) in [4.78, 5) is 14.8. The summed E-state index contributed by atoms with van der Waals surface area (Å²) in [6, 6.07) is 6.51. The van der Waals surface area contributed by atoms with Crippen molar-refractivity contribution in [1.29, 1.82) is 0 Å². The van der Waals surface area contributed by atoms with Gasteiger partial charge < -0.3 is 4.90 Å². The smallest absolute Gasteiger partial charge is 0.261 e. The van der Waals surface area contributed by atoms with E-state index in [1.165, 1.54) is 11.1 Å². The van der Waals surface area contributed by atoms with Gasteiger partial charge in [0.1, 0.15) is 0 Å². The van der Waals surface area contributed by atoms with Crippen LogP contribution in [-0.4, -0.2) is 22.2 Å². The molecule has 1 aromatic carbocycles. The van der Waals surface area contributed by atoms with Gasteiger partial charge in [-0.05, 0) is 42.9 Å². The molecule has 1 aliphatic rings. The van der Waals surface area contributed by atoms with Crippen molar-refractivity contribution in [3.63, 3.8) is 0 Å². The van der Waals surface area contributed by atoms with Gasteiger partial charge in [0.15, 0.2) is 0 Å². The fourth-order valence-electron chi connectivity index (χ4n) is 3.04. The van der Waals surface area contributed by atoms with Gasteiger partial charge in [0.05, 0.1) is 11.8 Å². The van der Waals surface area contributed by atoms with E-state index in [9.17, 15) is 4.79 Å². The van der Waals surface area contributed by atoms with Crippen molar-refractivity contribution >= 4 is 11.6 Å². The van der Waals surface area contributed by atoms with E-state index in [1.54, 1.807) is 10.9 Å². The minimum atomic E-state index is 0.0591. The SMILES string of the molecule is Cc1c(C(=O)N2CCCc3cc(C(C)C)ccc32)cnn1C. The number of hydrogen-bond acceptors (Lipinski definition) is 2. The van der Waals surface area contributed by atoms with Crippen LogP contribution in [0.1, 0.15) is 53.4 Å². The quantitative estimate of drug-likeness (QED) is 0.851. The molecular formula is C18H23N3O. The lowest BCUT2D eigenvalue weighted by molar-refractivity contribution is 0.0984. The Morgan fingerprint density at radius 2 is 2.09 bits per heavy atom. The zero-order valence-electron chi connectivity index (χ0n) is 13.8. The maximum atomic E-state index is 12.9. The van der Waals surface area contributed by atoms with Gasteiger partial charge >= 0.3 is 0 Å². The van der Waals surface area contributed by atoms with Gasteiger partial charge in [0.2, 0.25) is 0 Å². The molecule has 3 rings (SSSR count). The number of fused-ring (bicyclic) bond motifs is 1. The van der Waals surface area contributed by atoms with Gasteiger partial charge in [-0.2, -0.15) is 5.10 Å². The highest BCUT2D eigenvalue weighted by atomic mass is 16.2. The molecular weight excluding hydrogens is 274 g/mol. The molecule has 1 aliphatic heterocycles. The molecule has 116 valence electrons. The number of anilines is 1. The largest absolute Gasteiger partial charge is 0.308 e. The summed E-state index contributed by atoms with van der Waals surface area (Å²) in [7, 11) is 1.87. The Labute approximate surface area is 131 Å². The summed E-state index contributed by atoms with van der Waals surface area (Å²) in [6.07, 6.45) is 3.74. The minimum Gasteiger partial charge on any atom is -0.308 e. The number of hydrogen-bond donors (Lipinski definition) is 0. The van der Waals surface area contributed by atoms with Crippen molar-refractivity contribution in [2.24, 2.45) is 7.05 Å². The summed E-state index contributed by atoms with van der Waals surface area (Å²) in [5, 5.41) is 4.19. The first-order valence-corrected chi connectivity index (χ1v) is 7.92. The van der Waals surface area contributed by atoms with E-state index in [4.69, 9.17) is 0 Å². The van der Waals surface area contributed by atoms with E-state index >= 15 is 0 Å². The lowest BCUT2D eigenvalue weighted by atomic mass is 9.94. The third kappa shape index (κ3) is 2.43. The van der Waals surface area contributed by atoms with Crippen LogP contribution in [0.15, 0.2) is 24.4 Å². The zero-order chi connectivity index (χ0) is 15.9. The molecule has 1 aromatic heterocycles. The van der Waals surface area contributed by atoms with Gasteiger partial charge in [-0.1, -0.05) is 26.0 Å². The summed E-state index contributed by atoms with van der Waals surface area (Å²) >= 11 is 0. The van der Waals surface area contributed by atoms with Gasteiger partial charge in [-0.3, -0.25) is 9.48 Å². The summed E-state index contributed by atoms with van der Waals surface area (Å²) in [6.45, 7) is 7.12. The van der Waals surface area contributed by atoms with Crippen LogP contribution < -0.4 is 4.90 Å². The molecule has 0 saturated carbocycles. The Hall–Kier alpha value is -2.10. The summed E-state index contributed by atoms with van der Waals surface area (Å²) in [5.74, 6) is 0.570. The Balaban J connectivity index is 1.98. The number of carbonyl (C=O) groups is 1. The summed E-state index contributed by atoms with van der Waals surface area (Å²) in [5.41, 5.74) is 5.29. The van der Waals surface area contributed by atoms with E-state index in [0.717, 1.165) is 30.8 Å². The Bertz CT molecular complexity index is 715. The maximum absolute atomic E-state index is 12.9. The highest BCUT2D eigenvalue weighted by molar-refractivity contribution is 6.07. The third-order valence-corrected chi connectivity index (χ3v) is 4.60. The lowest BCUT2D eigenvalue weighted by Gasteiger charge is -2.30. The number of carbonyl (C=O) groups excluding carboxylic acids is 1. The normalized spacial score (nSPS) is 14.3. The molecule has 0 fully saturated rings. The molecule has 0 spiro atoms. The highest BCUT2D eigenvalue weighted by Crippen LogP contribution is 2.31. The van der Waals surface area contributed by atoms with Crippen molar-refractivity contribution < 1.29 is 4.79 Å². The van der Waals surface area contributed by atoms with Crippen LogP contribution in [-0.2, 0) is 13.5 Å². The first-order valence-electron chi connectivity index (χ1n) is 7.92. The fourth-order valence-corrected chi connectivity index (χ4v) is 3.04. The zero-order valence-corrected chi connectivity index (χ0v) is 13.8. The number of aryl methyl sites for hydroxylation is 2. The van der Waals surface area contributed by atoms with Crippen molar-refractivity contribution in [3.05, 3.63) is 46.8 Å². The maximum Gasteiger partial charge on any atom is 0.261 e. The second-order valence-corrected chi connectivity index (χ2v) is 6.37. The average Bonchev–Trinajstić information content (AvgIpc) is 2.85. The van der Waals surface area contributed by atoms with Crippen LogP contribution in [0.3, 0.4) is 0 Å². The van der Waals surface area contributed by atoms with E-state index in [0.29, 0.717) is 11.5 Å². The topological polar surface area (TPSA) is 38.1 Å². The molecule has 2 aromatic rings. The van der Waals surface area contributed by atoms with Crippen molar-refractivity contribution in [2.45, 2.75) is 39.5 Å². The number of rotatable bonds is 2. The van der Waals surface area contributed by atoms with E-state index in [-0.39, 0.29) is 5.91 Å². The molecule has 1 amide bonds. The van der Waals surface area contributed by atoms with Crippen molar-refractivity contribution in [3.8, 4) is 0 Å². The fraction of sp³-hybridized carbons (Fsp3) is 0.444. The number of amides is 1. The molecule has 0 unspecified atom stereocenters. The first-order chi connectivity index (χ1) is 10.5. The number of aromatic nitrogens is 2. The molecule has 2 heterocycles. The highest BCUT2D eigenvalue weighted by Gasteiger charge is 2.26. The average molecular weight is 297 g/mol. The second kappa shape index (κ2) is 5.59. The molecule has 0 N–H and O–H groups in total. The molecule has 0 saturated heterocycles. The second-order valence-electron chi connectivity index (χ2n) is 6.37. The predicted molar refractivity (Wildman–Crippen MR) is 88.5 cm³/mol.